The number of benzene rings is 1. The molecule has 1 unspecified atom stereocenters. The number of nitrogens with one attached hydrogen (secondary N) is 2. The van der Waals surface area contributed by atoms with E-state index in [1.807, 2.05) is 0 Å². The zero-order chi connectivity index (χ0) is 11.4. The molecule has 0 saturated heterocycles. The van der Waals surface area contributed by atoms with Gasteiger partial charge in [0.05, 0.1) is 11.1 Å². The molecule has 0 radical (unpaired) electrons. The van der Waals surface area contributed by atoms with Gasteiger partial charge in [0.15, 0.2) is 0 Å². The van der Waals surface area contributed by atoms with Crippen LogP contribution >= 0.6 is 27.5 Å². The van der Waals surface area contributed by atoms with Crippen molar-refractivity contribution in [1.29, 1.82) is 0 Å². The fourth-order valence-corrected chi connectivity index (χ4v) is 1.45. The molecule has 5 heteroatoms. The predicted octanol–water partition coefficient (Wildman–Crippen LogP) is 2.65. The minimum Gasteiger partial charge on any atom is -0.325 e. The summed E-state index contributed by atoms with van der Waals surface area (Å²) in [5, 5.41) is 6.25. The van der Waals surface area contributed by atoms with Crippen LogP contribution in [0.3, 0.4) is 0 Å². The average molecular weight is 292 g/mol. The summed E-state index contributed by atoms with van der Waals surface area (Å²) < 4.78 is 0.763. The Hall–Kier alpha value is -0.580. The van der Waals surface area contributed by atoms with Gasteiger partial charge in [-0.2, -0.15) is 0 Å². The highest BCUT2D eigenvalue weighted by Gasteiger charge is 2.10. The lowest BCUT2D eigenvalue weighted by Crippen LogP contribution is -2.35. The first-order valence-corrected chi connectivity index (χ1v) is 5.65. The fraction of sp³-hybridized carbons (Fsp3) is 0.300. The van der Waals surface area contributed by atoms with Crippen LogP contribution in [0.25, 0.3) is 0 Å². The van der Waals surface area contributed by atoms with E-state index in [9.17, 15) is 4.79 Å². The lowest BCUT2D eigenvalue weighted by Gasteiger charge is -2.11. The Bertz CT molecular complexity index is 370. The number of amides is 1. The van der Waals surface area contributed by atoms with Crippen LogP contribution in [-0.2, 0) is 4.79 Å². The molecule has 0 aliphatic rings. The fourth-order valence-electron chi connectivity index (χ4n) is 0.955. The molecule has 0 aliphatic heterocycles. The number of hydrogen-bond acceptors (Lipinski definition) is 2. The van der Waals surface area contributed by atoms with Gasteiger partial charge in [-0.25, -0.2) is 0 Å². The quantitative estimate of drug-likeness (QED) is 0.899. The topological polar surface area (TPSA) is 41.1 Å². The van der Waals surface area contributed by atoms with E-state index in [2.05, 4.69) is 26.6 Å². The highest BCUT2D eigenvalue weighted by atomic mass is 79.9. The highest BCUT2D eigenvalue weighted by Crippen LogP contribution is 2.25. The van der Waals surface area contributed by atoms with E-state index < -0.39 is 0 Å². The van der Waals surface area contributed by atoms with Crippen molar-refractivity contribution in [3.05, 3.63) is 27.7 Å². The third-order valence-corrected chi connectivity index (χ3v) is 3.23. The third kappa shape index (κ3) is 3.48. The second-order valence-electron chi connectivity index (χ2n) is 3.13. The van der Waals surface area contributed by atoms with Crippen LogP contribution in [0.4, 0.5) is 5.69 Å². The van der Waals surface area contributed by atoms with Crippen molar-refractivity contribution in [1.82, 2.24) is 5.32 Å². The lowest BCUT2D eigenvalue weighted by atomic mass is 10.3. The van der Waals surface area contributed by atoms with Crippen molar-refractivity contribution in [2.45, 2.75) is 13.0 Å². The molecule has 1 atom stereocenters. The third-order valence-electron chi connectivity index (χ3n) is 2.01. The largest absolute Gasteiger partial charge is 0.325 e. The summed E-state index contributed by atoms with van der Waals surface area (Å²) in [5.74, 6) is -0.0771. The Morgan fingerprint density at radius 3 is 2.73 bits per heavy atom. The molecule has 1 aromatic carbocycles. The number of carbonyl (C=O) groups is 1. The molecule has 1 aromatic rings. The van der Waals surface area contributed by atoms with Gasteiger partial charge in [-0.15, -0.1) is 0 Å². The van der Waals surface area contributed by atoms with Gasteiger partial charge in [0.2, 0.25) is 5.91 Å². The Morgan fingerprint density at radius 2 is 2.20 bits per heavy atom. The number of rotatable bonds is 3. The van der Waals surface area contributed by atoms with Gasteiger partial charge in [-0.3, -0.25) is 4.79 Å². The maximum Gasteiger partial charge on any atom is 0.241 e. The van der Waals surface area contributed by atoms with Crippen molar-refractivity contribution in [3.8, 4) is 0 Å². The van der Waals surface area contributed by atoms with Gasteiger partial charge in [0, 0.05) is 10.2 Å². The Balaban J connectivity index is 2.73. The molecule has 2 N–H and O–H groups in total. The molecule has 0 aliphatic carbocycles. The van der Waals surface area contributed by atoms with Crippen LogP contribution in [0.15, 0.2) is 22.7 Å². The number of carbonyl (C=O) groups excluding carboxylic acids is 1. The van der Waals surface area contributed by atoms with Gasteiger partial charge in [-0.1, -0.05) is 11.6 Å². The molecule has 15 heavy (non-hydrogen) atoms. The van der Waals surface area contributed by atoms with Crippen molar-refractivity contribution < 1.29 is 4.79 Å². The highest BCUT2D eigenvalue weighted by molar-refractivity contribution is 9.10. The molecular weight excluding hydrogens is 279 g/mol. The van der Waals surface area contributed by atoms with Crippen LogP contribution in [0.5, 0.6) is 0 Å². The summed E-state index contributed by atoms with van der Waals surface area (Å²) in [4.78, 5) is 11.5. The Kier molecular flexibility index (Phi) is 4.57. The monoisotopic (exact) mass is 290 g/mol. The summed E-state index contributed by atoms with van der Waals surface area (Å²) in [6, 6.07) is 5.03. The molecule has 0 aromatic heterocycles. The van der Waals surface area contributed by atoms with Crippen LogP contribution in [0, 0.1) is 0 Å². The van der Waals surface area contributed by atoms with Crippen molar-refractivity contribution in [3.63, 3.8) is 0 Å². The van der Waals surface area contributed by atoms with Gasteiger partial charge < -0.3 is 10.6 Å². The second-order valence-corrected chi connectivity index (χ2v) is 4.39. The van der Waals surface area contributed by atoms with Crippen molar-refractivity contribution in [2.75, 3.05) is 12.4 Å². The lowest BCUT2D eigenvalue weighted by molar-refractivity contribution is -0.117. The van der Waals surface area contributed by atoms with Gasteiger partial charge in [0.25, 0.3) is 0 Å². The predicted molar refractivity (Wildman–Crippen MR) is 66.3 cm³/mol. The first-order valence-electron chi connectivity index (χ1n) is 4.47. The van der Waals surface area contributed by atoms with E-state index in [-0.39, 0.29) is 11.9 Å². The Labute approximate surface area is 102 Å². The maximum atomic E-state index is 11.5. The van der Waals surface area contributed by atoms with E-state index >= 15 is 0 Å². The first-order chi connectivity index (χ1) is 7.04. The molecule has 1 rings (SSSR count). The summed E-state index contributed by atoms with van der Waals surface area (Å²) >= 11 is 9.13. The molecule has 0 heterocycles. The van der Waals surface area contributed by atoms with Gasteiger partial charge >= 0.3 is 0 Å². The number of hydrogen-bond donors (Lipinski definition) is 2. The molecule has 3 nitrogen and oxygen atoms in total. The number of anilines is 1. The maximum absolute atomic E-state index is 11.5. The van der Waals surface area contributed by atoms with Crippen LogP contribution < -0.4 is 10.6 Å². The summed E-state index contributed by atoms with van der Waals surface area (Å²) in [5.41, 5.74) is 0.721. The molecule has 1 amide bonds. The number of likely N-dealkylation sites (N-methyl/N-ethyl adjacent to an activating group) is 1. The zero-order valence-corrected chi connectivity index (χ0v) is 10.8. The summed E-state index contributed by atoms with van der Waals surface area (Å²) in [6.07, 6.45) is 0. The molecule has 0 saturated carbocycles. The number of halogens is 2. The summed E-state index contributed by atoms with van der Waals surface area (Å²) in [7, 11) is 1.74. The second kappa shape index (κ2) is 5.49. The smallest absolute Gasteiger partial charge is 0.241 e. The molecule has 0 bridgehead atoms. The van der Waals surface area contributed by atoms with Crippen molar-refractivity contribution in [2.24, 2.45) is 0 Å². The van der Waals surface area contributed by atoms with E-state index in [0.717, 1.165) is 10.2 Å². The van der Waals surface area contributed by atoms with Gasteiger partial charge in [0.1, 0.15) is 0 Å². The Morgan fingerprint density at radius 1 is 1.53 bits per heavy atom. The zero-order valence-electron chi connectivity index (χ0n) is 8.47. The summed E-state index contributed by atoms with van der Waals surface area (Å²) in [6.45, 7) is 1.79. The first kappa shape index (κ1) is 12.5. The van der Waals surface area contributed by atoms with E-state index in [1.165, 1.54) is 0 Å². The van der Waals surface area contributed by atoms with E-state index in [1.54, 1.807) is 32.2 Å². The van der Waals surface area contributed by atoms with E-state index in [0.29, 0.717) is 5.02 Å². The van der Waals surface area contributed by atoms with Crippen LogP contribution in [-0.4, -0.2) is 19.0 Å². The molecule has 0 fully saturated rings. The minimum atomic E-state index is -0.223. The van der Waals surface area contributed by atoms with Gasteiger partial charge in [-0.05, 0) is 48.1 Å². The molecule has 0 spiro atoms. The minimum absolute atomic E-state index is 0.0771. The van der Waals surface area contributed by atoms with E-state index in [4.69, 9.17) is 11.6 Å². The normalized spacial score (nSPS) is 12.3. The molecule has 82 valence electrons. The standard InChI is InChI=1S/C10H12BrClN2O/c1-6(13-2)10(15)14-7-3-4-9(12)8(11)5-7/h3-6,13H,1-2H3,(H,14,15). The van der Waals surface area contributed by atoms with Crippen LogP contribution in [0.2, 0.25) is 5.02 Å². The average Bonchev–Trinajstić information content (AvgIpc) is 2.22. The SMILES string of the molecule is CNC(C)C(=O)Nc1ccc(Cl)c(Br)c1. The van der Waals surface area contributed by atoms with Crippen molar-refractivity contribution >= 4 is 39.1 Å². The molecular formula is C10H12BrClN2O. The van der Waals surface area contributed by atoms with Crippen LogP contribution in [0.1, 0.15) is 6.92 Å².